The second-order valence-electron chi connectivity index (χ2n) is 7.45. The number of nitriles is 1. The molecule has 0 radical (unpaired) electrons. The van der Waals surface area contributed by atoms with Crippen LogP contribution in [0.15, 0.2) is 85.3 Å². The van der Waals surface area contributed by atoms with Gasteiger partial charge in [0.05, 0.1) is 23.2 Å². The number of carbonyl (C=O) groups excluding carboxylic acids is 1. The first-order chi connectivity index (χ1) is 16.2. The van der Waals surface area contributed by atoms with E-state index in [9.17, 15) is 10.1 Å². The molecule has 33 heavy (non-hydrogen) atoms. The quantitative estimate of drug-likeness (QED) is 0.437. The minimum Gasteiger partial charge on any atom is -0.369 e. The molecule has 4 aromatic rings. The van der Waals surface area contributed by atoms with E-state index in [1.54, 1.807) is 36.8 Å². The predicted octanol–water partition coefficient (Wildman–Crippen LogP) is 3.68. The summed E-state index contributed by atoms with van der Waals surface area (Å²) in [5.74, 6) is -0.640. The zero-order chi connectivity index (χ0) is 23.0. The monoisotopic (exact) mass is 434 g/mol. The number of benzene rings is 1. The van der Waals surface area contributed by atoms with Gasteiger partial charge in [0.2, 0.25) is 5.91 Å². The molecule has 1 aromatic carbocycles. The number of nitrogens with zero attached hydrogens (tertiary/aromatic N) is 4. The average molecular weight is 435 g/mol. The van der Waals surface area contributed by atoms with Gasteiger partial charge in [-0.05, 0) is 42.0 Å². The molecule has 0 aliphatic carbocycles. The molecule has 7 heteroatoms. The first-order valence-corrected chi connectivity index (χ1v) is 10.5. The highest BCUT2D eigenvalue weighted by Gasteiger charge is 2.24. The lowest BCUT2D eigenvalue weighted by Crippen LogP contribution is -2.24. The molecule has 0 aliphatic heterocycles. The first kappa shape index (κ1) is 21.7. The van der Waals surface area contributed by atoms with E-state index in [0.29, 0.717) is 41.2 Å². The molecule has 0 saturated heterocycles. The molecule has 3 aromatic heterocycles. The summed E-state index contributed by atoms with van der Waals surface area (Å²) in [6.45, 7) is 0.567. The normalized spacial score (nSPS) is 11.4. The minimum atomic E-state index is -0.706. The van der Waals surface area contributed by atoms with Crippen LogP contribution in [0.5, 0.6) is 0 Å². The number of nitrogens with two attached hydrogens (primary N) is 1. The standard InChI is InChI=1S/C26H22N6O/c27-16-18-5-3-6-19(15-18)23-10-9-22(24(25(28)33)20-7-4-12-29-17-20)26(32-23)31-14-11-21-8-1-2-13-30-21/h1-10,12-13,15,17,24H,11,14H2,(H2,28,33)(H,31,32). The molecule has 4 rings (SSSR count). The molecule has 1 unspecified atom stereocenters. The summed E-state index contributed by atoms with van der Waals surface area (Å²) in [4.78, 5) is 25.8. The van der Waals surface area contributed by atoms with Crippen LogP contribution in [-0.2, 0) is 11.2 Å². The SMILES string of the molecule is N#Cc1cccc(-c2ccc(C(C(N)=O)c3cccnc3)c(NCCc3ccccn3)n2)c1. The number of carbonyl (C=O) groups is 1. The summed E-state index contributed by atoms with van der Waals surface area (Å²) < 4.78 is 0. The van der Waals surface area contributed by atoms with E-state index >= 15 is 0 Å². The summed E-state index contributed by atoms with van der Waals surface area (Å²) in [7, 11) is 0. The Morgan fingerprint density at radius 3 is 2.70 bits per heavy atom. The van der Waals surface area contributed by atoms with Crippen molar-refractivity contribution in [2.45, 2.75) is 12.3 Å². The Morgan fingerprint density at radius 1 is 1.06 bits per heavy atom. The maximum absolute atomic E-state index is 12.5. The number of hydrogen-bond donors (Lipinski definition) is 2. The van der Waals surface area contributed by atoms with Crippen LogP contribution in [0.3, 0.4) is 0 Å². The summed E-state index contributed by atoms with van der Waals surface area (Å²) in [5.41, 5.74) is 10.2. The van der Waals surface area contributed by atoms with E-state index in [-0.39, 0.29) is 0 Å². The van der Waals surface area contributed by atoms with Crippen LogP contribution in [0.1, 0.15) is 28.3 Å². The number of amides is 1. The average Bonchev–Trinajstić information content (AvgIpc) is 2.86. The van der Waals surface area contributed by atoms with Gasteiger partial charge >= 0.3 is 0 Å². The second kappa shape index (κ2) is 10.2. The van der Waals surface area contributed by atoms with Gasteiger partial charge in [0.1, 0.15) is 5.82 Å². The highest BCUT2D eigenvalue weighted by molar-refractivity contribution is 5.87. The lowest BCUT2D eigenvalue weighted by molar-refractivity contribution is -0.118. The van der Waals surface area contributed by atoms with Crippen molar-refractivity contribution in [2.24, 2.45) is 5.73 Å². The summed E-state index contributed by atoms with van der Waals surface area (Å²) in [6.07, 6.45) is 5.73. The highest BCUT2D eigenvalue weighted by Crippen LogP contribution is 2.31. The molecule has 1 atom stereocenters. The molecule has 3 heterocycles. The number of primary amides is 1. The third kappa shape index (κ3) is 5.20. The van der Waals surface area contributed by atoms with Crippen LogP contribution in [0, 0.1) is 11.3 Å². The van der Waals surface area contributed by atoms with Crippen LogP contribution in [-0.4, -0.2) is 27.4 Å². The molecule has 1 amide bonds. The molecular formula is C26H22N6O. The first-order valence-electron chi connectivity index (χ1n) is 10.5. The Balaban J connectivity index is 1.72. The smallest absolute Gasteiger partial charge is 0.229 e. The van der Waals surface area contributed by atoms with E-state index in [1.165, 1.54) is 0 Å². The summed E-state index contributed by atoms with van der Waals surface area (Å²) in [5, 5.41) is 12.6. The van der Waals surface area contributed by atoms with Crippen LogP contribution in [0.4, 0.5) is 5.82 Å². The van der Waals surface area contributed by atoms with Gasteiger partial charge < -0.3 is 11.1 Å². The number of aromatic nitrogens is 3. The zero-order valence-electron chi connectivity index (χ0n) is 17.8. The van der Waals surface area contributed by atoms with Crippen molar-refractivity contribution in [3.8, 4) is 17.3 Å². The van der Waals surface area contributed by atoms with Gasteiger partial charge in [0.15, 0.2) is 0 Å². The van der Waals surface area contributed by atoms with Crippen LogP contribution >= 0.6 is 0 Å². The Labute approximate surface area is 192 Å². The summed E-state index contributed by atoms with van der Waals surface area (Å²) >= 11 is 0. The molecule has 0 fully saturated rings. The fourth-order valence-electron chi connectivity index (χ4n) is 3.65. The van der Waals surface area contributed by atoms with Crippen molar-refractivity contribution < 1.29 is 4.79 Å². The van der Waals surface area contributed by atoms with Crippen molar-refractivity contribution >= 4 is 11.7 Å². The van der Waals surface area contributed by atoms with Crippen molar-refractivity contribution in [2.75, 3.05) is 11.9 Å². The summed E-state index contributed by atoms with van der Waals surface area (Å²) in [6, 6.07) is 22.5. The van der Waals surface area contributed by atoms with Gasteiger partial charge in [-0.15, -0.1) is 0 Å². The van der Waals surface area contributed by atoms with E-state index in [2.05, 4.69) is 21.4 Å². The maximum Gasteiger partial charge on any atom is 0.229 e. The molecule has 0 saturated carbocycles. The van der Waals surface area contributed by atoms with Gasteiger partial charge in [0.25, 0.3) is 0 Å². The molecule has 0 bridgehead atoms. The lowest BCUT2D eigenvalue weighted by atomic mass is 9.91. The fourth-order valence-corrected chi connectivity index (χ4v) is 3.65. The van der Waals surface area contributed by atoms with Gasteiger partial charge in [-0.2, -0.15) is 5.26 Å². The third-order valence-corrected chi connectivity index (χ3v) is 5.23. The second-order valence-corrected chi connectivity index (χ2v) is 7.45. The Morgan fingerprint density at radius 2 is 1.97 bits per heavy atom. The number of pyridine rings is 3. The van der Waals surface area contributed by atoms with Gasteiger partial charge in [0, 0.05) is 48.4 Å². The molecule has 7 nitrogen and oxygen atoms in total. The van der Waals surface area contributed by atoms with Crippen molar-refractivity contribution in [1.82, 2.24) is 15.0 Å². The van der Waals surface area contributed by atoms with Gasteiger partial charge in [-0.3, -0.25) is 14.8 Å². The highest BCUT2D eigenvalue weighted by atomic mass is 16.1. The Bertz CT molecular complexity index is 1290. The molecular weight excluding hydrogens is 412 g/mol. The fraction of sp³-hybridized carbons (Fsp3) is 0.115. The molecule has 3 N–H and O–H groups in total. The van der Waals surface area contributed by atoms with Crippen molar-refractivity contribution in [3.05, 3.63) is 108 Å². The van der Waals surface area contributed by atoms with Crippen LogP contribution in [0.2, 0.25) is 0 Å². The van der Waals surface area contributed by atoms with Crippen molar-refractivity contribution in [3.63, 3.8) is 0 Å². The molecule has 0 aliphatic rings. The number of anilines is 1. The van der Waals surface area contributed by atoms with E-state index < -0.39 is 11.8 Å². The Kier molecular flexibility index (Phi) is 6.67. The third-order valence-electron chi connectivity index (χ3n) is 5.23. The van der Waals surface area contributed by atoms with E-state index in [1.807, 2.05) is 48.5 Å². The van der Waals surface area contributed by atoms with Crippen molar-refractivity contribution in [1.29, 1.82) is 5.26 Å². The zero-order valence-corrected chi connectivity index (χ0v) is 17.8. The lowest BCUT2D eigenvalue weighted by Gasteiger charge is -2.19. The number of hydrogen-bond acceptors (Lipinski definition) is 6. The molecule has 162 valence electrons. The van der Waals surface area contributed by atoms with Crippen LogP contribution in [0.25, 0.3) is 11.3 Å². The number of nitrogens with one attached hydrogen (secondary N) is 1. The predicted molar refractivity (Wildman–Crippen MR) is 126 cm³/mol. The number of rotatable bonds is 8. The van der Waals surface area contributed by atoms with Crippen LogP contribution < -0.4 is 11.1 Å². The Hall–Kier alpha value is -4.57. The van der Waals surface area contributed by atoms with E-state index in [4.69, 9.17) is 10.7 Å². The largest absolute Gasteiger partial charge is 0.369 e. The van der Waals surface area contributed by atoms with Gasteiger partial charge in [-0.25, -0.2) is 4.98 Å². The van der Waals surface area contributed by atoms with Gasteiger partial charge in [-0.1, -0.05) is 30.3 Å². The van der Waals surface area contributed by atoms with E-state index in [0.717, 1.165) is 11.3 Å². The minimum absolute atomic E-state index is 0.489. The maximum atomic E-state index is 12.5. The topological polar surface area (TPSA) is 118 Å². The molecule has 0 spiro atoms.